The highest BCUT2D eigenvalue weighted by atomic mass is 32.2. The summed E-state index contributed by atoms with van der Waals surface area (Å²) in [6.07, 6.45) is 0. The van der Waals surface area contributed by atoms with Crippen molar-refractivity contribution in [2.75, 3.05) is 31.9 Å². The van der Waals surface area contributed by atoms with Gasteiger partial charge in [0.05, 0.1) is 10.6 Å². The van der Waals surface area contributed by atoms with E-state index in [9.17, 15) is 9.59 Å². The third kappa shape index (κ3) is 4.14. The second kappa shape index (κ2) is 7.66. The fourth-order valence-electron chi connectivity index (χ4n) is 2.47. The molecule has 0 saturated carbocycles. The molecule has 0 unspecified atom stereocenters. The van der Waals surface area contributed by atoms with Crippen LogP contribution in [0.15, 0.2) is 52.7 Å². The summed E-state index contributed by atoms with van der Waals surface area (Å²) in [6.45, 7) is 2.45. The quantitative estimate of drug-likeness (QED) is 0.800. The molecule has 3 rings (SSSR count). The Morgan fingerprint density at radius 2 is 1.65 bits per heavy atom. The molecule has 1 aliphatic heterocycles. The molecule has 4 nitrogen and oxygen atoms in total. The molecule has 0 spiro atoms. The summed E-state index contributed by atoms with van der Waals surface area (Å²) in [7, 11) is 0. The molecule has 0 radical (unpaired) electrons. The number of benzene rings is 1. The molecular formula is C17H18N2O2S2. The molecule has 23 heavy (non-hydrogen) atoms. The van der Waals surface area contributed by atoms with Gasteiger partial charge in [0.2, 0.25) is 5.91 Å². The Bertz CT molecular complexity index is 650. The second-order valence-corrected chi connectivity index (χ2v) is 7.25. The van der Waals surface area contributed by atoms with Gasteiger partial charge < -0.3 is 9.80 Å². The van der Waals surface area contributed by atoms with Crippen LogP contribution >= 0.6 is 23.1 Å². The average Bonchev–Trinajstić information content (AvgIpc) is 3.15. The Morgan fingerprint density at radius 3 is 2.30 bits per heavy atom. The number of thioether (sulfide) groups is 1. The summed E-state index contributed by atoms with van der Waals surface area (Å²) in [4.78, 5) is 30.1. The molecular weight excluding hydrogens is 328 g/mol. The van der Waals surface area contributed by atoms with Crippen LogP contribution in [0.5, 0.6) is 0 Å². The van der Waals surface area contributed by atoms with E-state index in [0.717, 1.165) is 9.77 Å². The standard InChI is InChI=1S/C17H18N2O2S2/c20-16(13-23-14-5-2-1-3-6-14)18-8-10-19(11-9-18)17(21)15-7-4-12-22-15/h1-7,12H,8-11,13H2. The van der Waals surface area contributed by atoms with Gasteiger partial charge in [-0.15, -0.1) is 23.1 Å². The van der Waals surface area contributed by atoms with E-state index in [1.807, 2.05) is 57.6 Å². The molecule has 2 aromatic rings. The Hall–Kier alpha value is -1.79. The molecule has 1 fully saturated rings. The van der Waals surface area contributed by atoms with Gasteiger partial charge in [0.1, 0.15) is 0 Å². The van der Waals surface area contributed by atoms with E-state index in [0.29, 0.717) is 31.9 Å². The lowest BCUT2D eigenvalue weighted by molar-refractivity contribution is -0.129. The van der Waals surface area contributed by atoms with Crippen LogP contribution in [0.1, 0.15) is 9.67 Å². The highest BCUT2D eigenvalue weighted by Crippen LogP contribution is 2.18. The normalized spacial score (nSPS) is 14.8. The van der Waals surface area contributed by atoms with Crippen molar-refractivity contribution in [3.63, 3.8) is 0 Å². The van der Waals surface area contributed by atoms with Crippen LogP contribution in [0.25, 0.3) is 0 Å². The lowest BCUT2D eigenvalue weighted by atomic mass is 10.3. The van der Waals surface area contributed by atoms with Crippen LogP contribution in [0.2, 0.25) is 0 Å². The molecule has 0 atom stereocenters. The van der Waals surface area contributed by atoms with Crippen molar-refractivity contribution in [2.45, 2.75) is 4.90 Å². The molecule has 2 heterocycles. The zero-order chi connectivity index (χ0) is 16.1. The molecule has 2 amide bonds. The fraction of sp³-hybridized carbons (Fsp3) is 0.294. The lowest BCUT2D eigenvalue weighted by Gasteiger charge is -2.34. The van der Waals surface area contributed by atoms with Crippen molar-refractivity contribution in [1.82, 2.24) is 9.80 Å². The first-order valence-corrected chi connectivity index (χ1v) is 9.39. The van der Waals surface area contributed by atoms with Crippen molar-refractivity contribution in [1.29, 1.82) is 0 Å². The smallest absolute Gasteiger partial charge is 0.264 e. The minimum atomic E-state index is 0.0748. The zero-order valence-electron chi connectivity index (χ0n) is 12.7. The van der Waals surface area contributed by atoms with E-state index < -0.39 is 0 Å². The van der Waals surface area contributed by atoms with Gasteiger partial charge in [-0.05, 0) is 23.6 Å². The number of nitrogens with zero attached hydrogens (tertiary/aromatic N) is 2. The van der Waals surface area contributed by atoms with Gasteiger partial charge in [-0.2, -0.15) is 0 Å². The number of hydrogen-bond donors (Lipinski definition) is 0. The van der Waals surface area contributed by atoms with Gasteiger partial charge in [0.15, 0.2) is 0 Å². The van der Waals surface area contributed by atoms with Crippen LogP contribution in [0, 0.1) is 0 Å². The molecule has 0 bridgehead atoms. The summed E-state index contributed by atoms with van der Waals surface area (Å²) in [5, 5.41) is 1.91. The van der Waals surface area contributed by atoms with E-state index >= 15 is 0 Å². The van der Waals surface area contributed by atoms with Crippen LogP contribution in [0.3, 0.4) is 0 Å². The van der Waals surface area contributed by atoms with E-state index in [2.05, 4.69) is 0 Å². The summed E-state index contributed by atoms with van der Waals surface area (Å²) in [5.41, 5.74) is 0. The predicted octanol–water partition coefficient (Wildman–Crippen LogP) is 2.82. The van der Waals surface area contributed by atoms with Crippen molar-refractivity contribution < 1.29 is 9.59 Å². The second-order valence-electron chi connectivity index (χ2n) is 5.25. The number of carbonyl (C=O) groups excluding carboxylic acids is 2. The van der Waals surface area contributed by atoms with Crippen molar-refractivity contribution >= 4 is 34.9 Å². The first-order chi connectivity index (χ1) is 11.2. The Labute approximate surface area is 144 Å². The summed E-state index contributed by atoms with van der Waals surface area (Å²) >= 11 is 3.02. The predicted molar refractivity (Wildman–Crippen MR) is 94.0 cm³/mol. The SMILES string of the molecule is O=C(CSc1ccccc1)N1CCN(C(=O)c2cccs2)CC1. The number of hydrogen-bond acceptors (Lipinski definition) is 4. The van der Waals surface area contributed by atoms with Crippen LogP contribution in [-0.2, 0) is 4.79 Å². The molecule has 120 valence electrons. The Balaban J connectivity index is 1.47. The van der Waals surface area contributed by atoms with Gasteiger partial charge in [-0.1, -0.05) is 24.3 Å². The van der Waals surface area contributed by atoms with Crippen molar-refractivity contribution in [3.05, 3.63) is 52.7 Å². The number of amides is 2. The first kappa shape index (κ1) is 16.1. The molecule has 1 aromatic heterocycles. The third-order valence-corrected chi connectivity index (χ3v) is 5.61. The monoisotopic (exact) mass is 346 g/mol. The molecule has 1 aliphatic rings. The van der Waals surface area contributed by atoms with E-state index in [-0.39, 0.29) is 11.8 Å². The molecule has 6 heteroatoms. The largest absolute Gasteiger partial charge is 0.338 e. The molecule has 0 aliphatic carbocycles. The van der Waals surface area contributed by atoms with E-state index in [1.54, 1.807) is 11.8 Å². The number of piperazine rings is 1. The van der Waals surface area contributed by atoms with E-state index in [4.69, 9.17) is 0 Å². The highest BCUT2D eigenvalue weighted by Gasteiger charge is 2.25. The van der Waals surface area contributed by atoms with Gasteiger partial charge in [0, 0.05) is 31.1 Å². The van der Waals surface area contributed by atoms with Crippen molar-refractivity contribution in [3.8, 4) is 0 Å². The van der Waals surface area contributed by atoms with Gasteiger partial charge in [-0.3, -0.25) is 9.59 Å². The molecule has 1 saturated heterocycles. The van der Waals surface area contributed by atoms with Gasteiger partial charge in [-0.25, -0.2) is 0 Å². The minimum Gasteiger partial charge on any atom is -0.338 e. The summed E-state index contributed by atoms with van der Waals surface area (Å²) in [5.74, 6) is 0.663. The minimum absolute atomic E-state index is 0.0748. The van der Waals surface area contributed by atoms with Gasteiger partial charge in [0.25, 0.3) is 5.91 Å². The average molecular weight is 346 g/mol. The van der Waals surface area contributed by atoms with Crippen molar-refractivity contribution in [2.24, 2.45) is 0 Å². The van der Waals surface area contributed by atoms with E-state index in [1.165, 1.54) is 11.3 Å². The van der Waals surface area contributed by atoms with Crippen LogP contribution < -0.4 is 0 Å². The Kier molecular flexibility index (Phi) is 5.35. The summed E-state index contributed by atoms with van der Waals surface area (Å²) < 4.78 is 0. The molecule has 1 aromatic carbocycles. The lowest BCUT2D eigenvalue weighted by Crippen LogP contribution is -2.50. The topological polar surface area (TPSA) is 40.6 Å². The van der Waals surface area contributed by atoms with Crippen LogP contribution in [-0.4, -0.2) is 53.5 Å². The molecule has 0 N–H and O–H groups in total. The maximum absolute atomic E-state index is 12.3. The number of carbonyl (C=O) groups is 2. The Morgan fingerprint density at radius 1 is 0.957 bits per heavy atom. The zero-order valence-corrected chi connectivity index (χ0v) is 14.3. The number of thiophene rings is 1. The maximum Gasteiger partial charge on any atom is 0.264 e. The fourth-order valence-corrected chi connectivity index (χ4v) is 3.98. The highest BCUT2D eigenvalue weighted by molar-refractivity contribution is 8.00. The third-order valence-electron chi connectivity index (χ3n) is 3.76. The van der Waals surface area contributed by atoms with Gasteiger partial charge >= 0.3 is 0 Å². The first-order valence-electron chi connectivity index (χ1n) is 7.52. The number of rotatable bonds is 4. The van der Waals surface area contributed by atoms with Crippen LogP contribution in [0.4, 0.5) is 0 Å². The summed E-state index contributed by atoms with van der Waals surface area (Å²) in [6, 6.07) is 13.7. The maximum atomic E-state index is 12.3.